The second kappa shape index (κ2) is 37.9. The fourth-order valence-corrected chi connectivity index (χ4v) is 11.8. The van der Waals surface area contributed by atoms with Crippen LogP contribution in [0.5, 0.6) is 5.75 Å². The number of anilines is 2. The Morgan fingerprint density at radius 1 is 0.575 bits per heavy atom. The number of amides is 1. The molecule has 0 spiro atoms. The summed E-state index contributed by atoms with van der Waals surface area (Å²) < 4.78 is 58.6. The Bertz CT molecular complexity index is 5830. The van der Waals surface area contributed by atoms with Crippen LogP contribution in [0.4, 0.5) is 28.9 Å². The number of aryl methyl sites for hydroxylation is 4. The lowest BCUT2D eigenvalue weighted by Gasteiger charge is -2.09. The summed E-state index contributed by atoms with van der Waals surface area (Å²) in [6.07, 6.45) is 7.78. The van der Waals surface area contributed by atoms with E-state index in [1.807, 2.05) is 80.6 Å². The highest BCUT2D eigenvalue weighted by molar-refractivity contribution is 14.1. The van der Waals surface area contributed by atoms with Gasteiger partial charge in [-0.2, -0.15) is 20.7 Å². The fraction of sp³-hybridized carbons (Fsp3) is 0.0921. The van der Waals surface area contributed by atoms with Gasteiger partial charge in [0.25, 0.3) is 22.6 Å². The number of fused-ring (bicyclic) bond motifs is 3. The van der Waals surface area contributed by atoms with Crippen LogP contribution in [-0.4, -0.2) is 66.2 Å². The first-order valence-electron chi connectivity index (χ1n) is 30.9. The number of nitrogens with two attached hydrogens (primary N) is 3. The van der Waals surface area contributed by atoms with Gasteiger partial charge in [0.1, 0.15) is 54.0 Å². The van der Waals surface area contributed by atoms with Crippen LogP contribution < -0.4 is 44.8 Å². The molecule has 0 aliphatic rings. The highest BCUT2D eigenvalue weighted by Crippen LogP contribution is 2.36. The number of carboxylic acid groups (broad SMARTS) is 1. The molecule has 0 saturated heterocycles. The van der Waals surface area contributed by atoms with Crippen molar-refractivity contribution in [1.82, 2.24) is 49.4 Å². The van der Waals surface area contributed by atoms with Gasteiger partial charge in [0.05, 0.1) is 63.1 Å². The predicted molar refractivity (Wildman–Crippen MR) is 410 cm³/mol. The number of nitrogen functional groups attached to an aromatic ring is 2. The summed E-state index contributed by atoms with van der Waals surface area (Å²) in [6, 6.07) is 49.0. The van der Waals surface area contributed by atoms with E-state index in [1.165, 1.54) is 104 Å². The van der Waals surface area contributed by atoms with Crippen LogP contribution in [0.3, 0.4) is 0 Å². The van der Waals surface area contributed by atoms with E-state index in [-0.39, 0.29) is 93.4 Å². The molecule has 0 aliphatic carbocycles. The van der Waals surface area contributed by atoms with Crippen molar-refractivity contribution >= 4 is 99.9 Å². The molecule has 14 aromatic rings. The second-order valence-electron chi connectivity index (χ2n) is 22.0. The van der Waals surface area contributed by atoms with Gasteiger partial charge in [0.15, 0.2) is 0 Å². The standard InChI is InChI=1S/C21H18FN5O2S.C12H11FN2O.C12H7FN2O.C9H9N3O2S.C9H7NO.C7H3FIN.C5H5NO.CH4/c1-11-12(2)25-26-21-17(11)18(23)19(30-21)20(29)24-10-13-6-7-15(14(22)9-13)27-8-4-3-5-16(27)28;2*13-10-7-9(8-14)4-5-11(10)15-6-2-1-3-12(15)16;1-3-4(2)11-12-8-5(3)6(10)7(15-8)9(13)14;11-8-5-1-3-7-4-2-6-10-9(7)8;8-6-3-5(4-10)1-2-7(6)9;7-5-3-1-2-4-6-5;/h3-9H,10,23H2,1-2H3,(H,24,29);1-7H,8,14H2;1-7H;10H2,1-2H3,(H,13,14);1-6,11H;1-3H;1-4H,(H,6,7);1H4. The number of hydrogen-bond donors (Lipinski definition) is 7. The number of thiophene rings is 2. The Hall–Kier alpha value is -12.9. The molecule has 10 N–H and O–H groups in total. The molecule has 106 heavy (non-hydrogen) atoms. The number of carbonyl (C=O) groups excluding carboxylic acids is 1. The molecule has 0 unspecified atom stereocenters. The summed E-state index contributed by atoms with van der Waals surface area (Å²) in [4.78, 5) is 76.8. The largest absolute Gasteiger partial charge is 0.506 e. The summed E-state index contributed by atoms with van der Waals surface area (Å²) in [6.45, 7) is 7.79. The number of aromatic amines is 1. The molecule has 9 heterocycles. The number of carboxylic acids is 1. The molecule has 30 heteroatoms. The number of nitriles is 2. The Morgan fingerprint density at radius 2 is 1.04 bits per heavy atom. The van der Waals surface area contributed by atoms with E-state index in [1.54, 1.807) is 103 Å². The third kappa shape index (κ3) is 20.5. The normalized spacial score (nSPS) is 10.2. The van der Waals surface area contributed by atoms with Crippen molar-refractivity contribution in [3.8, 4) is 35.0 Å². The van der Waals surface area contributed by atoms with Gasteiger partial charge in [-0.1, -0.05) is 62.0 Å². The number of aromatic hydroxyl groups is 1. The lowest BCUT2D eigenvalue weighted by Crippen LogP contribution is -2.23. The van der Waals surface area contributed by atoms with Gasteiger partial charge in [-0.15, -0.1) is 32.9 Å². The van der Waals surface area contributed by atoms with Crippen LogP contribution in [0.1, 0.15) is 71.5 Å². The van der Waals surface area contributed by atoms with Crippen molar-refractivity contribution in [3.05, 3.63) is 330 Å². The molecule has 14 rings (SSSR count). The third-order valence-electron chi connectivity index (χ3n) is 15.0. The first-order chi connectivity index (χ1) is 50.3. The van der Waals surface area contributed by atoms with Gasteiger partial charge in [-0.3, -0.25) is 42.7 Å². The third-order valence-corrected chi connectivity index (χ3v) is 18.1. The Morgan fingerprint density at radius 3 is 1.48 bits per heavy atom. The molecule has 0 bridgehead atoms. The molecule has 0 saturated carbocycles. The van der Waals surface area contributed by atoms with Gasteiger partial charge in [-0.25, -0.2) is 22.4 Å². The minimum absolute atomic E-state index is 0. The quantitative estimate of drug-likeness (QED) is 0.0549. The lowest BCUT2D eigenvalue weighted by molar-refractivity contribution is 0.0702. The number of phenolic OH excluding ortho intramolecular Hbond substituents is 1. The maximum Gasteiger partial charge on any atom is 0.348 e. The van der Waals surface area contributed by atoms with E-state index in [4.69, 9.17) is 32.8 Å². The number of hydrogen-bond acceptors (Lipinski definition) is 19. The van der Waals surface area contributed by atoms with Crippen molar-refractivity contribution in [2.24, 2.45) is 5.73 Å². The van der Waals surface area contributed by atoms with Gasteiger partial charge < -0.3 is 37.7 Å². The lowest BCUT2D eigenvalue weighted by atomic mass is 10.1. The van der Waals surface area contributed by atoms with Gasteiger partial charge in [0, 0.05) is 88.1 Å². The number of rotatable bonds is 8. The molecule has 0 atom stereocenters. The molecular formula is C76H64F4IN15O8S2. The number of carbonyl (C=O) groups is 2. The van der Waals surface area contributed by atoms with Crippen molar-refractivity contribution in [2.75, 3.05) is 11.5 Å². The predicted octanol–water partition coefficient (Wildman–Crippen LogP) is 13.2. The number of nitrogens with one attached hydrogen (secondary N) is 2. The van der Waals surface area contributed by atoms with Gasteiger partial charge in [-0.05, 0) is 170 Å². The van der Waals surface area contributed by atoms with E-state index in [0.29, 0.717) is 51.4 Å². The van der Waals surface area contributed by atoms with E-state index in [9.17, 15) is 51.4 Å². The molecule has 5 aromatic carbocycles. The maximum absolute atomic E-state index is 14.5. The number of aromatic carboxylic acids is 1. The molecule has 0 fully saturated rings. The van der Waals surface area contributed by atoms with E-state index in [0.717, 1.165) is 50.7 Å². The van der Waals surface area contributed by atoms with Crippen LogP contribution in [0.15, 0.2) is 226 Å². The Labute approximate surface area is 623 Å². The summed E-state index contributed by atoms with van der Waals surface area (Å²) in [7, 11) is 0. The summed E-state index contributed by atoms with van der Waals surface area (Å²) >= 11 is 4.10. The summed E-state index contributed by atoms with van der Waals surface area (Å²) in [5.74, 6) is -3.08. The fourth-order valence-electron chi connectivity index (χ4n) is 9.48. The summed E-state index contributed by atoms with van der Waals surface area (Å²) in [5, 5.41) is 56.4. The number of pyridine rings is 5. The molecule has 1 amide bonds. The number of para-hydroxylation sites is 1. The number of halogens is 5. The van der Waals surface area contributed by atoms with Crippen molar-refractivity contribution < 1.29 is 37.4 Å². The highest BCUT2D eigenvalue weighted by atomic mass is 127. The van der Waals surface area contributed by atoms with Crippen LogP contribution >= 0.6 is 45.3 Å². The van der Waals surface area contributed by atoms with Crippen LogP contribution in [0.2, 0.25) is 0 Å². The Kier molecular flexibility index (Phi) is 28.7. The topological polar surface area (TPSA) is 376 Å². The van der Waals surface area contributed by atoms with Gasteiger partial charge >= 0.3 is 5.97 Å². The van der Waals surface area contributed by atoms with Crippen LogP contribution in [0, 0.1) is 77.2 Å². The first kappa shape index (κ1) is 80.4. The maximum atomic E-state index is 14.5. The van der Waals surface area contributed by atoms with Crippen molar-refractivity contribution in [2.45, 2.75) is 48.2 Å². The monoisotopic (exact) mass is 1580 g/mol. The highest BCUT2D eigenvalue weighted by Gasteiger charge is 2.22. The number of H-pyrrole nitrogens is 1. The first-order valence-corrected chi connectivity index (χ1v) is 33.6. The average Bonchev–Trinajstić information content (AvgIpc) is 1.62. The van der Waals surface area contributed by atoms with Crippen molar-refractivity contribution in [3.63, 3.8) is 0 Å². The smallest absolute Gasteiger partial charge is 0.348 e. The SMILES string of the molecule is C.Cc1nnc2sc(C(=O)NCc3ccc(-n4ccccc4=O)c(F)c3)c(N)c2c1C.Cc1nnc2sc(C(=O)O)c(N)c2c1C.N#Cc1ccc(-n2ccccc2=O)c(F)c1.N#Cc1ccc(I)c(F)c1.NCc1ccc(-n2ccccc2=O)c(F)c1.O=c1cccc[nH]1.Oc1cccc2cccnc12. The van der Waals surface area contributed by atoms with Crippen LogP contribution in [0.25, 0.3) is 48.4 Å². The zero-order valence-corrected chi connectivity index (χ0v) is 59.6. The van der Waals surface area contributed by atoms with E-state index in [2.05, 4.69) is 35.7 Å². The molecule has 9 aromatic heterocycles. The van der Waals surface area contributed by atoms with Crippen LogP contribution in [-0.2, 0) is 13.1 Å². The number of phenols is 1. The average molecular weight is 1580 g/mol. The molecule has 538 valence electrons. The zero-order chi connectivity index (χ0) is 76.0. The molecule has 0 aliphatic heterocycles. The minimum Gasteiger partial charge on any atom is -0.506 e. The van der Waals surface area contributed by atoms with E-state index >= 15 is 0 Å². The van der Waals surface area contributed by atoms with Crippen molar-refractivity contribution in [1.29, 1.82) is 10.5 Å². The van der Waals surface area contributed by atoms with Gasteiger partial charge in [0.2, 0.25) is 5.56 Å². The number of aromatic nitrogens is 9. The summed E-state index contributed by atoms with van der Waals surface area (Å²) in [5.41, 5.74) is 23.4. The zero-order valence-electron chi connectivity index (χ0n) is 55.8. The second-order valence-corrected chi connectivity index (χ2v) is 25.1. The molecule has 23 nitrogen and oxygen atoms in total. The van der Waals surface area contributed by atoms with E-state index < -0.39 is 23.4 Å². The molecule has 0 radical (unpaired) electrons. The molecular weight excluding hydrogens is 1520 g/mol. The Balaban J connectivity index is 0.000000180. The number of benzene rings is 5. The number of nitrogens with zero attached hydrogens (tertiary/aromatic N) is 10. The minimum atomic E-state index is -1.02.